The molecule has 2 aliphatic heterocycles. The molecule has 1 N–H and O–H groups in total. The average molecular weight is 360 g/mol. The lowest BCUT2D eigenvalue weighted by atomic mass is 10.1. The number of hydrogen-bond acceptors (Lipinski definition) is 7. The van der Waals surface area contributed by atoms with Crippen molar-refractivity contribution in [2.75, 3.05) is 30.4 Å². The largest absolute Gasteiger partial charge is 0.495 e. The molecule has 26 heavy (non-hydrogen) atoms. The summed E-state index contributed by atoms with van der Waals surface area (Å²) in [7, 11) is 1.63. The molecule has 3 rings (SSSR count). The molecule has 2 heterocycles. The van der Waals surface area contributed by atoms with Crippen LogP contribution in [0.5, 0.6) is 5.75 Å². The first kappa shape index (κ1) is 18.1. The van der Waals surface area contributed by atoms with E-state index in [1.54, 1.807) is 7.11 Å². The Balaban J connectivity index is 1.76. The SMILES string of the molecule is COc1cc(NC=C2C(=O)OC(C)(C)OC2=O)ccc1N1CCCCC1. The molecule has 0 aromatic heterocycles. The number of cyclic esters (lactones) is 2. The van der Waals surface area contributed by atoms with Crippen LogP contribution >= 0.6 is 0 Å². The number of rotatable bonds is 4. The van der Waals surface area contributed by atoms with Crippen LogP contribution in [0, 0.1) is 0 Å². The second-order valence-electron chi connectivity index (χ2n) is 6.82. The fourth-order valence-electron chi connectivity index (χ4n) is 3.10. The van der Waals surface area contributed by atoms with Crippen molar-refractivity contribution in [1.29, 1.82) is 0 Å². The Morgan fingerprint density at radius 1 is 1.12 bits per heavy atom. The van der Waals surface area contributed by atoms with Crippen LogP contribution in [-0.4, -0.2) is 37.9 Å². The molecule has 0 spiro atoms. The van der Waals surface area contributed by atoms with Crippen molar-refractivity contribution < 1.29 is 23.8 Å². The molecular weight excluding hydrogens is 336 g/mol. The lowest BCUT2D eigenvalue weighted by molar-refractivity contribution is -0.222. The Hall–Kier alpha value is -2.70. The normalized spacial score (nSPS) is 19.5. The van der Waals surface area contributed by atoms with E-state index in [9.17, 15) is 9.59 Å². The lowest BCUT2D eigenvalue weighted by Gasteiger charge is -2.30. The third kappa shape index (κ3) is 3.92. The van der Waals surface area contributed by atoms with E-state index in [-0.39, 0.29) is 5.57 Å². The molecule has 0 atom stereocenters. The topological polar surface area (TPSA) is 77.1 Å². The Morgan fingerprint density at radius 2 is 1.77 bits per heavy atom. The summed E-state index contributed by atoms with van der Waals surface area (Å²) >= 11 is 0. The molecule has 0 amide bonds. The molecule has 2 saturated heterocycles. The number of hydrogen-bond donors (Lipinski definition) is 1. The third-order valence-electron chi connectivity index (χ3n) is 4.38. The number of esters is 2. The van der Waals surface area contributed by atoms with Crippen LogP contribution < -0.4 is 15.0 Å². The summed E-state index contributed by atoms with van der Waals surface area (Å²) in [6.07, 6.45) is 4.91. The summed E-state index contributed by atoms with van der Waals surface area (Å²) in [6.45, 7) is 5.05. The van der Waals surface area contributed by atoms with Crippen LogP contribution in [-0.2, 0) is 19.1 Å². The van der Waals surface area contributed by atoms with Gasteiger partial charge in [-0.2, -0.15) is 0 Å². The number of carbonyl (C=O) groups is 2. The molecule has 0 unspecified atom stereocenters. The highest BCUT2D eigenvalue weighted by atomic mass is 16.7. The van der Waals surface area contributed by atoms with Gasteiger partial charge in [-0.25, -0.2) is 9.59 Å². The third-order valence-corrected chi connectivity index (χ3v) is 4.38. The number of nitrogens with zero attached hydrogens (tertiary/aromatic N) is 1. The number of ether oxygens (including phenoxy) is 3. The minimum Gasteiger partial charge on any atom is -0.495 e. The minimum absolute atomic E-state index is 0.177. The molecule has 0 bridgehead atoms. The second-order valence-corrected chi connectivity index (χ2v) is 6.82. The Labute approximate surface area is 152 Å². The summed E-state index contributed by atoms with van der Waals surface area (Å²) in [5.74, 6) is -1.93. The van der Waals surface area contributed by atoms with Crippen molar-refractivity contribution in [3.05, 3.63) is 30.0 Å². The zero-order chi connectivity index (χ0) is 18.7. The van der Waals surface area contributed by atoms with Gasteiger partial charge in [-0.3, -0.25) is 0 Å². The first-order valence-corrected chi connectivity index (χ1v) is 8.76. The predicted molar refractivity (Wildman–Crippen MR) is 97.0 cm³/mol. The van der Waals surface area contributed by atoms with Crippen molar-refractivity contribution in [2.24, 2.45) is 0 Å². The maximum absolute atomic E-state index is 12.0. The van der Waals surface area contributed by atoms with E-state index in [4.69, 9.17) is 14.2 Å². The van der Waals surface area contributed by atoms with Gasteiger partial charge in [0.2, 0.25) is 0 Å². The van der Waals surface area contributed by atoms with Crippen LogP contribution in [0.15, 0.2) is 30.0 Å². The summed E-state index contributed by atoms with van der Waals surface area (Å²) < 4.78 is 15.6. The van der Waals surface area contributed by atoms with Gasteiger partial charge in [-0.1, -0.05) is 0 Å². The van der Waals surface area contributed by atoms with E-state index in [1.165, 1.54) is 39.3 Å². The molecule has 0 aliphatic carbocycles. The van der Waals surface area contributed by atoms with Gasteiger partial charge in [0.05, 0.1) is 12.8 Å². The molecule has 140 valence electrons. The number of nitrogens with one attached hydrogen (secondary N) is 1. The van der Waals surface area contributed by atoms with Gasteiger partial charge in [0.25, 0.3) is 5.79 Å². The van der Waals surface area contributed by atoms with Gasteiger partial charge in [0, 0.05) is 44.9 Å². The first-order valence-electron chi connectivity index (χ1n) is 8.76. The van der Waals surface area contributed by atoms with Crippen LogP contribution in [0.3, 0.4) is 0 Å². The average Bonchev–Trinajstić information content (AvgIpc) is 2.60. The molecule has 1 aromatic rings. The van der Waals surface area contributed by atoms with Crippen molar-refractivity contribution in [2.45, 2.75) is 38.9 Å². The summed E-state index contributed by atoms with van der Waals surface area (Å²) in [6, 6.07) is 5.70. The standard InChI is InChI=1S/C19H24N2O5/c1-19(2)25-17(22)14(18(23)26-19)12-20-13-7-8-15(16(11-13)24-3)21-9-5-4-6-10-21/h7-8,11-12,20H,4-6,9-10H2,1-3H3. The fourth-order valence-corrected chi connectivity index (χ4v) is 3.10. The number of benzene rings is 1. The van der Waals surface area contributed by atoms with Crippen molar-refractivity contribution in [3.8, 4) is 5.75 Å². The van der Waals surface area contributed by atoms with Crippen molar-refractivity contribution in [3.63, 3.8) is 0 Å². The maximum atomic E-state index is 12.0. The zero-order valence-corrected chi connectivity index (χ0v) is 15.3. The van der Waals surface area contributed by atoms with Gasteiger partial charge in [-0.05, 0) is 31.4 Å². The summed E-state index contributed by atoms with van der Waals surface area (Å²) in [5.41, 5.74) is 1.56. The van der Waals surface area contributed by atoms with E-state index in [1.807, 2.05) is 18.2 Å². The van der Waals surface area contributed by atoms with E-state index >= 15 is 0 Å². The monoisotopic (exact) mass is 360 g/mol. The number of piperidine rings is 1. The first-order chi connectivity index (χ1) is 12.4. The second kappa shape index (κ2) is 7.27. The summed E-state index contributed by atoms with van der Waals surface area (Å²) in [4.78, 5) is 26.2. The van der Waals surface area contributed by atoms with Crippen molar-refractivity contribution >= 4 is 23.3 Å². The van der Waals surface area contributed by atoms with Gasteiger partial charge in [0.15, 0.2) is 5.57 Å². The highest BCUT2D eigenvalue weighted by Crippen LogP contribution is 2.33. The van der Waals surface area contributed by atoms with Gasteiger partial charge in [-0.15, -0.1) is 0 Å². The van der Waals surface area contributed by atoms with E-state index in [0.29, 0.717) is 5.69 Å². The number of carbonyl (C=O) groups excluding carboxylic acids is 2. The number of methoxy groups -OCH3 is 1. The van der Waals surface area contributed by atoms with E-state index in [2.05, 4.69) is 10.2 Å². The minimum atomic E-state index is -1.25. The molecule has 0 radical (unpaired) electrons. The Bertz CT molecular complexity index is 713. The molecule has 7 heteroatoms. The molecular formula is C19H24N2O5. The highest BCUT2D eigenvalue weighted by molar-refractivity contribution is 6.15. The van der Waals surface area contributed by atoms with Crippen LogP contribution in [0.2, 0.25) is 0 Å². The van der Waals surface area contributed by atoms with E-state index < -0.39 is 17.7 Å². The smallest absolute Gasteiger partial charge is 0.350 e. The fraction of sp³-hybridized carbons (Fsp3) is 0.474. The molecule has 0 saturated carbocycles. The summed E-state index contributed by atoms with van der Waals surface area (Å²) in [5, 5.41) is 2.95. The van der Waals surface area contributed by atoms with Crippen LogP contribution in [0.4, 0.5) is 11.4 Å². The molecule has 2 fully saturated rings. The van der Waals surface area contributed by atoms with Gasteiger partial charge in [0.1, 0.15) is 5.75 Å². The quantitative estimate of drug-likeness (QED) is 0.502. The van der Waals surface area contributed by atoms with Crippen LogP contribution in [0.1, 0.15) is 33.1 Å². The van der Waals surface area contributed by atoms with Crippen LogP contribution in [0.25, 0.3) is 0 Å². The maximum Gasteiger partial charge on any atom is 0.350 e. The number of anilines is 2. The molecule has 7 nitrogen and oxygen atoms in total. The Kier molecular flexibility index (Phi) is 5.06. The molecule has 1 aromatic carbocycles. The lowest BCUT2D eigenvalue weighted by Crippen LogP contribution is -2.42. The highest BCUT2D eigenvalue weighted by Gasteiger charge is 2.38. The van der Waals surface area contributed by atoms with E-state index in [0.717, 1.165) is 24.5 Å². The van der Waals surface area contributed by atoms with Crippen molar-refractivity contribution in [1.82, 2.24) is 0 Å². The predicted octanol–water partition coefficient (Wildman–Crippen LogP) is 2.82. The molecule has 2 aliphatic rings. The zero-order valence-electron chi connectivity index (χ0n) is 15.3. The van der Waals surface area contributed by atoms with Gasteiger partial charge >= 0.3 is 11.9 Å². The van der Waals surface area contributed by atoms with Gasteiger partial charge < -0.3 is 24.4 Å². The Morgan fingerprint density at radius 3 is 2.38 bits per heavy atom.